The summed E-state index contributed by atoms with van der Waals surface area (Å²) in [6.45, 7) is 3.02. The molecule has 1 aliphatic heterocycles. The highest BCUT2D eigenvalue weighted by Gasteiger charge is 2.22. The molecule has 0 aromatic heterocycles. The van der Waals surface area contributed by atoms with Crippen LogP contribution < -0.4 is 5.14 Å². The molecule has 1 aromatic carbocycles. The average molecular weight is 314 g/mol. The van der Waals surface area contributed by atoms with Gasteiger partial charge in [-0.25, -0.2) is 13.6 Å². The van der Waals surface area contributed by atoms with Crippen LogP contribution in [0.2, 0.25) is 0 Å². The summed E-state index contributed by atoms with van der Waals surface area (Å²) >= 11 is 1.87. The highest BCUT2D eigenvalue weighted by atomic mass is 32.2. The number of nitrogens with zero attached hydrogens (tertiary/aromatic N) is 1. The van der Waals surface area contributed by atoms with Gasteiger partial charge in [-0.3, -0.25) is 0 Å². The van der Waals surface area contributed by atoms with Crippen LogP contribution >= 0.6 is 11.8 Å². The molecule has 0 saturated carbocycles. The van der Waals surface area contributed by atoms with Gasteiger partial charge in [0.05, 0.1) is 5.75 Å². The molecule has 6 heteroatoms. The van der Waals surface area contributed by atoms with Crippen LogP contribution in [0.3, 0.4) is 0 Å². The molecule has 2 rings (SSSR count). The van der Waals surface area contributed by atoms with E-state index in [1.54, 1.807) is 0 Å². The highest BCUT2D eigenvalue weighted by Crippen LogP contribution is 2.20. The molecule has 1 aliphatic rings. The predicted molar refractivity (Wildman–Crippen MR) is 84.3 cm³/mol. The Morgan fingerprint density at radius 3 is 2.45 bits per heavy atom. The fourth-order valence-electron chi connectivity index (χ4n) is 2.51. The van der Waals surface area contributed by atoms with Gasteiger partial charge in [-0.15, -0.1) is 11.8 Å². The van der Waals surface area contributed by atoms with Gasteiger partial charge in [-0.05, 0) is 44.0 Å². The number of rotatable bonds is 6. The number of nitrogens with two attached hydrogens (primary N) is 1. The van der Waals surface area contributed by atoms with Gasteiger partial charge >= 0.3 is 0 Å². The lowest BCUT2D eigenvalue weighted by Gasteiger charge is -2.31. The number of primary sulfonamides is 1. The maximum Gasteiger partial charge on any atom is 0.209 e. The average Bonchev–Trinajstić information content (AvgIpc) is 2.40. The predicted octanol–water partition coefficient (Wildman–Crippen LogP) is 1.78. The van der Waals surface area contributed by atoms with E-state index in [1.807, 2.05) is 17.8 Å². The monoisotopic (exact) mass is 314 g/mol. The first kappa shape index (κ1) is 15.8. The van der Waals surface area contributed by atoms with E-state index in [2.05, 4.69) is 29.2 Å². The Morgan fingerprint density at radius 1 is 1.20 bits per heavy atom. The van der Waals surface area contributed by atoms with Crippen LogP contribution in [-0.2, 0) is 10.0 Å². The lowest BCUT2D eigenvalue weighted by Crippen LogP contribution is -2.38. The van der Waals surface area contributed by atoms with Crippen LogP contribution in [0.1, 0.15) is 12.8 Å². The summed E-state index contributed by atoms with van der Waals surface area (Å²) in [5.41, 5.74) is 0. The molecule has 0 spiro atoms. The van der Waals surface area contributed by atoms with E-state index in [4.69, 9.17) is 5.14 Å². The van der Waals surface area contributed by atoms with Crippen LogP contribution in [0.25, 0.3) is 0 Å². The van der Waals surface area contributed by atoms with E-state index in [0.29, 0.717) is 0 Å². The van der Waals surface area contributed by atoms with Crippen molar-refractivity contribution in [2.45, 2.75) is 17.7 Å². The maximum atomic E-state index is 11.1. The van der Waals surface area contributed by atoms with Crippen molar-refractivity contribution in [1.29, 1.82) is 0 Å². The molecule has 20 heavy (non-hydrogen) atoms. The summed E-state index contributed by atoms with van der Waals surface area (Å²) < 4.78 is 22.1. The zero-order valence-electron chi connectivity index (χ0n) is 11.6. The fourth-order valence-corrected chi connectivity index (χ4v) is 4.44. The summed E-state index contributed by atoms with van der Waals surface area (Å²) in [5.74, 6) is 1.45. The van der Waals surface area contributed by atoms with Gasteiger partial charge in [0, 0.05) is 17.2 Å². The van der Waals surface area contributed by atoms with E-state index in [9.17, 15) is 8.42 Å². The van der Waals surface area contributed by atoms with Gasteiger partial charge in [0.15, 0.2) is 0 Å². The third kappa shape index (κ3) is 5.83. The largest absolute Gasteiger partial charge is 0.302 e. The number of sulfonamides is 1. The number of hydrogen-bond acceptors (Lipinski definition) is 4. The smallest absolute Gasteiger partial charge is 0.209 e. The summed E-state index contributed by atoms with van der Waals surface area (Å²) in [7, 11) is -3.32. The number of hydrogen-bond donors (Lipinski definition) is 1. The maximum absolute atomic E-state index is 11.1. The molecule has 0 amide bonds. The second-order valence-corrected chi connectivity index (χ2v) is 8.10. The normalized spacial score (nSPS) is 18.2. The molecule has 0 bridgehead atoms. The Balaban J connectivity index is 1.65. The first-order valence-corrected chi connectivity index (χ1v) is 9.64. The minimum absolute atomic E-state index is 0.138. The van der Waals surface area contributed by atoms with Gasteiger partial charge in [0.25, 0.3) is 0 Å². The molecule has 0 aliphatic carbocycles. The number of thioether (sulfide) groups is 1. The van der Waals surface area contributed by atoms with Gasteiger partial charge in [0.1, 0.15) is 0 Å². The summed E-state index contributed by atoms with van der Waals surface area (Å²) in [6, 6.07) is 10.4. The zero-order valence-corrected chi connectivity index (χ0v) is 13.2. The second-order valence-electron chi connectivity index (χ2n) is 5.28. The molecule has 112 valence electrons. The Bertz CT molecular complexity index is 497. The third-order valence-corrected chi connectivity index (χ3v) is 5.52. The number of likely N-dealkylation sites (tertiary alicyclic amines) is 1. The van der Waals surface area contributed by atoms with Gasteiger partial charge in [-0.1, -0.05) is 18.2 Å². The molecule has 0 atom stereocenters. The Kier molecular flexibility index (Phi) is 5.89. The van der Waals surface area contributed by atoms with E-state index in [0.717, 1.165) is 38.2 Å². The topological polar surface area (TPSA) is 63.4 Å². The molecular formula is C14H22N2O2S2. The van der Waals surface area contributed by atoms with Crippen LogP contribution in [0.15, 0.2) is 35.2 Å². The SMILES string of the molecule is NS(=O)(=O)CC1CCN(CCSc2ccccc2)CC1. The van der Waals surface area contributed by atoms with Crippen molar-refractivity contribution in [2.75, 3.05) is 31.1 Å². The van der Waals surface area contributed by atoms with E-state index >= 15 is 0 Å². The lowest BCUT2D eigenvalue weighted by molar-refractivity contribution is 0.204. The zero-order chi connectivity index (χ0) is 14.4. The second kappa shape index (κ2) is 7.45. The molecule has 1 saturated heterocycles. The molecule has 1 fully saturated rings. The van der Waals surface area contributed by atoms with Gasteiger partial charge < -0.3 is 4.90 Å². The molecule has 2 N–H and O–H groups in total. The Labute approximate surface area is 125 Å². The van der Waals surface area contributed by atoms with Crippen molar-refractivity contribution in [3.8, 4) is 0 Å². The fraction of sp³-hybridized carbons (Fsp3) is 0.571. The van der Waals surface area contributed by atoms with Gasteiger partial charge in [0.2, 0.25) is 10.0 Å². The van der Waals surface area contributed by atoms with Crippen molar-refractivity contribution in [3.63, 3.8) is 0 Å². The summed E-state index contributed by atoms with van der Waals surface area (Å²) in [4.78, 5) is 3.71. The Hall–Kier alpha value is -0.560. The molecule has 4 nitrogen and oxygen atoms in total. The third-order valence-electron chi connectivity index (χ3n) is 3.59. The van der Waals surface area contributed by atoms with Crippen molar-refractivity contribution >= 4 is 21.8 Å². The summed E-state index contributed by atoms with van der Waals surface area (Å²) in [6.07, 6.45) is 1.87. The van der Waals surface area contributed by atoms with E-state index in [-0.39, 0.29) is 11.7 Å². The standard InChI is InChI=1S/C14H22N2O2S2/c15-20(17,18)12-13-6-8-16(9-7-13)10-11-19-14-4-2-1-3-5-14/h1-5,13H,6-12H2,(H2,15,17,18). The van der Waals surface area contributed by atoms with Crippen LogP contribution in [0.5, 0.6) is 0 Å². The van der Waals surface area contributed by atoms with E-state index < -0.39 is 10.0 Å². The molecule has 1 heterocycles. The van der Waals surface area contributed by atoms with Crippen LogP contribution in [-0.4, -0.2) is 44.5 Å². The lowest BCUT2D eigenvalue weighted by atomic mass is 9.99. The minimum atomic E-state index is -3.32. The molecule has 0 unspecified atom stereocenters. The molecule has 1 aromatic rings. The quantitative estimate of drug-likeness (QED) is 0.813. The first-order valence-electron chi connectivity index (χ1n) is 6.93. The number of piperidine rings is 1. The van der Waals surface area contributed by atoms with Crippen molar-refractivity contribution in [1.82, 2.24) is 4.90 Å². The summed E-state index contributed by atoms with van der Waals surface area (Å²) in [5, 5.41) is 5.10. The van der Waals surface area contributed by atoms with Crippen molar-refractivity contribution in [2.24, 2.45) is 11.1 Å². The Morgan fingerprint density at radius 2 is 1.85 bits per heavy atom. The first-order chi connectivity index (χ1) is 9.53. The number of benzene rings is 1. The van der Waals surface area contributed by atoms with Crippen molar-refractivity contribution < 1.29 is 8.42 Å². The van der Waals surface area contributed by atoms with Crippen LogP contribution in [0, 0.1) is 5.92 Å². The minimum Gasteiger partial charge on any atom is -0.302 e. The highest BCUT2D eigenvalue weighted by molar-refractivity contribution is 7.99. The molecule has 0 radical (unpaired) electrons. The van der Waals surface area contributed by atoms with Crippen molar-refractivity contribution in [3.05, 3.63) is 30.3 Å². The van der Waals surface area contributed by atoms with E-state index in [1.165, 1.54) is 4.90 Å². The van der Waals surface area contributed by atoms with Gasteiger partial charge in [-0.2, -0.15) is 0 Å². The molecular weight excluding hydrogens is 292 g/mol. The van der Waals surface area contributed by atoms with Crippen LogP contribution in [0.4, 0.5) is 0 Å².